The van der Waals surface area contributed by atoms with Gasteiger partial charge in [0.2, 0.25) is 0 Å². The van der Waals surface area contributed by atoms with Gasteiger partial charge in [-0.3, -0.25) is 11.3 Å². The van der Waals surface area contributed by atoms with E-state index < -0.39 is 0 Å². The van der Waals surface area contributed by atoms with Gasteiger partial charge in [0.05, 0.1) is 0 Å². The zero-order chi connectivity index (χ0) is 7.56. The van der Waals surface area contributed by atoms with E-state index in [-0.39, 0.29) is 0 Å². The monoisotopic (exact) mass is 141 g/mol. The van der Waals surface area contributed by atoms with Crippen molar-refractivity contribution < 1.29 is 0 Å². The normalized spacial score (nSPS) is 22.8. The minimum absolute atomic E-state index is 0.466. The van der Waals surface area contributed by atoms with E-state index in [0.29, 0.717) is 6.04 Å². The molecule has 1 rings (SSSR count). The molecule has 0 aromatic rings. The lowest BCUT2D eigenvalue weighted by atomic mass is 9.76. The van der Waals surface area contributed by atoms with Crippen LogP contribution in [0.5, 0.6) is 0 Å². The molecule has 2 heteroatoms. The number of rotatable bonds is 3. The number of hydrogen-bond donors (Lipinski definition) is 2. The zero-order valence-corrected chi connectivity index (χ0v) is 6.85. The van der Waals surface area contributed by atoms with Crippen molar-refractivity contribution in [2.24, 2.45) is 11.8 Å². The maximum Gasteiger partial charge on any atom is 0.0295 e. The second-order valence-electron chi connectivity index (χ2n) is 3.41. The van der Waals surface area contributed by atoms with Crippen LogP contribution >= 0.6 is 0 Å². The van der Waals surface area contributed by atoms with Crippen LogP contribution in [-0.2, 0) is 0 Å². The van der Waals surface area contributed by atoms with Crippen LogP contribution in [-0.4, -0.2) is 6.04 Å². The van der Waals surface area contributed by atoms with Gasteiger partial charge in [-0.15, -0.1) is 0 Å². The van der Waals surface area contributed by atoms with Crippen molar-refractivity contribution in [3.63, 3.8) is 0 Å². The van der Waals surface area contributed by atoms with Crippen molar-refractivity contribution in [1.29, 1.82) is 0 Å². The first-order chi connectivity index (χ1) is 4.75. The summed E-state index contributed by atoms with van der Waals surface area (Å²) in [6, 6.07) is 0.466. The lowest BCUT2D eigenvalue weighted by molar-refractivity contribution is 0.238. The maximum absolute atomic E-state index is 5.41. The van der Waals surface area contributed by atoms with Crippen LogP contribution in [0.15, 0.2) is 0 Å². The highest BCUT2D eigenvalue weighted by atomic mass is 15.2. The predicted octanol–water partition coefficient (Wildman–Crippen LogP) is 1.23. The molecule has 59 valence electrons. The van der Waals surface area contributed by atoms with Gasteiger partial charge in [-0.05, 0) is 24.7 Å². The number of nitrogens with one attached hydrogen (secondary N) is 1. The fourth-order valence-electron chi connectivity index (χ4n) is 1.55. The Bertz CT molecular complexity index is 97.4. The summed E-state index contributed by atoms with van der Waals surface area (Å²) in [7, 11) is 0. The summed E-state index contributed by atoms with van der Waals surface area (Å²) in [5, 5.41) is 0. The zero-order valence-electron chi connectivity index (χ0n) is 6.85. The highest BCUT2D eigenvalue weighted by molar-refractivity contribution is 4.98. The lowest BCUT2D eigenvalue weighted by Gasteiger charge is -2.35. The first-order valence-electron chi connectivity index (χ1n) is 4.02. The highest BCUT2D eigenvalue weighted by Crippen LogP contribution is 2.32. The summed E-state index contributed by atoms with van der Waals surface area (Å²) < 4.78 is 0. The first-order valence-corrected chi connectivity index (χ1v) is 4.02. The third-order valence-electron chi connectivity index (χ3n) is 2.42. The molecule has 0 aromatic carbocycles. The van der Waals surface area contributed by atoms with Crippen molar-refractivity contribution in [2.45, 2.75) is 39.2 Å². The molecule has 0 amide bonds. The standard InChI is InChI=1S/C8H17N2/c1-6(2)8(10-9)7-4-3-5-7/h7-8,10H,3-5,9H2,1-2H3. The summed E-state index contributed by atoms with van der Waals surface area (Å²) in [4.78, 5) is 0. The van der Waals surface area contributed by atoms with Crippen LogP contribution in [0.1, 0.15) is 33.1 Å². The number of hydrogen-bond acceptors (Lipinski definition) is 2. The second kappa shape index (κ2) is 3.35. The number of hydrazine groups is 1. The Morgan fingerprint density at radius 2 is 2.10 bits per heavy atom. The van der Waals surface area contributed by atoms with Gasteiger partial charge in [-0.1, -0.05) is 20.3 Å². The minimum Gasteiger partial charge on any atom is -0.271 e. The Balaban J connectivity index is 2.31. The van der Waals surface area contributed by atoms with Crippen LogP contribution in [0.25, 0.3) is 0 Å². The summed E-state index contributed by atoms with van der Waals surface area (Å²) in [5.74, 6) is 7.64. The molecule has 2 nitrogen and oxygen atoms in total. The second-order valence-corrected chi connectivity index (χ2v) is 3.41. The molecule has 1 fully saturated rings. The molecular weight excluding hydrogens is 124 g/mol. The molecule has 0 saturated heterocycles. The van der Waals surface area contributed by atoms with Gasteiger partial charge < -0.3 is 0 Å². The molecule has 0 aromatic heterocycles. The Hall–Kier alpha value is -0.0800. The molecule has 1 aliphatic rings. The Labute approximate surface area is 63.1 Å². The quantitative estimate of drug-likeness (QED) is 0.458. The van der Waals surface area contributed by atoms with E-state index in [1.54, 1.807) is 0 Å². The lowest BCUT2D eigenvalue weighted by Crippen LogP contribution is -2.45. The van der Waals surface area contributed by atoms with Gasteiger partial charge in [0.15, 0.2) is 0 Å². The molecule has 1 radical (unpaired) electrons. The van der Waals surface area contributed by atoms with Crippen LogP contribution in [0.4, 0.5) is 0 Å². The third-order valence-corrected chi connectivity index (χ3v) is 2.42. The average molecular weight is 141 g/mol. The molecule has 0 heterocycles. The number of nitrogens with two attached hydrogens (primary N) is 1. The molecule has 0 spiro atoms. The summed E-state index contributed by atoms with van der Waals surface area (Å²) in [5.41, 5.74) is 2.87. The average Bonchev–Trinajstić information content (AvgIpc) is 1.76. The molecule has 3 N–H and O–H groups in total. The molecule has 1 aliphatic carbocycles. The topological polar surface area (TPSA) is 38.0 Å². The van der Waals surface area contributed by atoms with E-state index in [1.807, 2.05) is 0 Å². The third kappa shape index (κ3) is 1.50. The van der Waals surface area contributed by atoms with Crippen LogP contribution in [0.3, 0.4) is 0 Å². The van der Waals surface area contributed by atoms with Crippen molar-refractivity contribution in [2.75, 3.05) is 0 Å². The molecule has 1 saturated carbocycles. The minimum atomic E-state index is 0.466. The van der Waals surface area contributed by atoms with Crippen molar-refractivity contribution in [3.8, 4) is 0 Å². The fraction of sp³-hybridized carbons (Fsp3) is 0.875. The van der Waals surface area contributed by atoms with Gasteiger partial charge in [0, 0.05) is 6.04 Å². The van der Waals surface area contributed by atoms with Gasteiger partial charge in [0.1, 0.15) is 0 Å². The summed E-state index contributed by atoms with van der Waals surface area (Å²) in [6.07, 6.45) is 4.08. The summed E-state index contributed by atoms with van der Waals surface area (Å²) in [6.45, 7) is 4.28. The van der Waals surface area contributed by atoms with Crippen molar-refractivity contribution in [3.05, 3.63) is 5.92 Å². The molecule has 0 aliphatic heterocycles. The smallest absolute Gasteiger partial charge is 0.0295 e. The highest BCUT2D eigenvalue weighted by Gasteiger charge is 2.28. The molecular formula is C8H17N2. The van der Waals surface area contributed by atoms with Gasteiger partial charge in [-0.25, -0.2) is 0 Å². The van der Waals surface area contributed by atoms with Gasteiger partial charge in [-0.2, -0.15) is 0 Å². The SMILES string of the molecule is C[C](C)C(NN)C1CCC1. The van der Waals surface area contributed by atoms with Crippen molar-refractivity contribution in [1.82, 2.24) is 5.43 Å². The van der Waals surface area contributed by atoms with E-state index >= 15 is 0 Å². The Kier molecular flexibility index (Phi) is 2.69. The van der Waals surface area contributed by atoms with E-state index in [2.05, 4.69) is 19.3 Å². The Morgan fingerprint density at radius 3 is 2.20 bits per heavy atom. The van der Waals surface area contributed by atoms with E-state index in [4.69, 9.17) is 5.84 Å². The fourth-order valence-corrected chi connectivity index (χ4v) is 1.55. The summed E-state index contributed by atoms with van der Waals surface area (Å²) >= 11 is 0. The molecule has 1 atom stereocenters. The van der Waals surface area contributed by atoms with E-state index in [9.17, 15) is 0 Å². The van der Waals surface area contributed by atoms with Gasteiger partial charge in [0.25, 0.3) is 0 Å². The van der Waals surface area contributed by atoms with Crippen molar-refractivity contribution >= 4 is 0 Å². The molecule has 10 heavy (non-hydrogen) atoms. The van der Waals surface area contributed by atoms with Crippen LogP contribution in [0.2, 0.25) is 0 Å². The first kappa shape index (κ1) is 8.02. The maximum atomic E-state index is 5.41. The Morgan fingerprint density at radius 1 is 1.50 bits per heavy atom. The predicted molar refractivity (Wildman–Crippen MR) is 43.0 cm³/mol. The van der Waals surface area contributed by atoms with E-state index in [1.165, 1.54) is 25.2 Å². The molecule has 1 unspecified atom stereocenters. The largest absolute Gasteiger partial charge is 0.271 e. The van der Waals surface area contributed by atoms with Crippen LogP contribution < -0.4 is 11.3 Å². The van der Waals surface area contributed by atoms with E-state index in [0.717, 1.165) is 5.92 Å². The van der Waals surface area contributed by atoms with Gasteiger partial charge >= 0.3 is 0 Å². The van der Waals surface area contributed by atoms with Crippen LogP contribution in [0, 0.1) is 11.8 Å². The molecule has 0 bridgehead atoms.